The van der Waals surface area contributed by atoms with Gasteiger partial charge in [-0.25, -0.2) is 4.98 Å². The molecule has 3 aromatic rings. The molecule has 0 spiro atoms. The quantitative estimate of drug-likeness (QED) is 0.563. The van der Waals surface area contributed by atoms with Crippen LogP contribution in [0.4, 0.5) is 24.7 Å². The van der Waals surface area contributed by atoms with Gasteiger partial charge < -0.3 is 19.3 Å². The lowest BCUT2D eigenvalue weighted by atomic mass is 9.99. The number of halogens is 3. The first-order valence-corrected chi connectivity index (χ1v) is 12.6. The normalized spacial score (nSPS) is 26.8. The standard InChI is InChI=1S/C24H30F3N7O2/c1-3-36-17-7-9-32(14(2)10-17)18-11-20(33-15-4-5-16(33)13-35-12-15)29-23-21(18)22(24(25,26)27)31-34(23)19-6-8-28-30-19/h6,8,11,14-17H,3-5,7,9-10,12-13H2,1-2H3,(H,28,30)/t14-,15?,16?,17?/m1/s1. The van der Waals surface area contributed by atoms with E-state index in [0.29, 0.717) is 43.7 Å². The highest BCUT2D eigenvalue weighted by atomic mass is 19.4. The Kier molecular flexibility index (Phi) is 5.83. The molecule has 9 nitrogen and oxygen atoms in total. The molecule has 3 fully saturated rings. The molecule has 6 rings (SSSR count). The number of piperidine rings is 1. The summed E-state index contributed by atoms with van der Waals surface area (Å²) in [6.07, 6.45) is 0.383. The van der Waals surface area contributed by atoms with Crippen LogP contribution >= 0.6 is 0 Å². The first kappa shape index (κ1) is 23.5. The third-order valence-electron chi connectivity index (χ3n) is 7.63. The summed E-state index contributed by atoms with van der Waals surface area (Å²) < 4.78 is 56.0. The lowest BCUT2D eigenvalue weighted by Gasteiger charge is -2.40. The molecule has 0 amide bonds. The Morgan fingerprint density at radius 3 is 2.61 bits per heavy atom. The number of anilines is 2. The molecule has 12 heteroatoms. The number of H-pyrrole nitrogens is 1. The second-order valence-electron chi connectivity index (χ2n) is 9.87. The number of pyridine rings is 1. The average molecular weight is 506 g/mol. The first-order valence-electron chi connectivity index (χ1n) is 12.6. The molecule has 3 saturated heterocycles. The van der Waals surface area contributed by atoms with Crippen LogP contribution in [0.3, 0.4) is 0 Å². The maximum Gasteiger partial charge on any atom is 0.435 e. The second kappa shape index (κ2) is 8.91. The van der Waals surface area contributed by atoms with E-state index in [2.05, 4.69) is 25.1 Å². The fourth-order valence-corrected chi connectivity index (χ4v) is 6.05. The first-order chi connectivity index (χ1) is 17.3. The van der Waals surface area contributed by atoms with Crippen LogP contribution in [0.15, 0.2) is 18.3 Å². The fourth-order valence-electron chi connectivity index (χ4n) is 6.05. The highest BCUT2D eigenvalue weighted by molar-refractivity contribution is 5.95. The third kappa shape index (κ3) is 3.90. The summed E-state index contributed by atoms with van der Waals surface area (Å²) in [6, 6.07) is 3.74. The van der Waals surface area contributed by atoms with E-state index in [1.54, 1.807) is 6.07 Å². The molecule has 6 heterocycles. The van der Waals surface area contributed by atoms with Gasteiger partial charge in [0.25, 0.3) is 0 Å². The molecule has 36 heavy (non-hydrogen) atoms. The predicted octanol–water partition coefficient (Wildman–Crippen LogP) is 3.92. The SMILES string of the molecule is CCOC1CCN(c2cc(N3C4CCC3COC4)nc3c2c(C(F)(F)F)nn3-c2ccn[nH]2)[C@H](C)C1. The van der Waals surface area contributed by atoms with E-state index in [1.165, 1.54) is 10.9 Å². The minimum Gasteiger partial charge on any atom is -0.378 e. The van der Waals surface area contributed by atoms with Gasteiger partial charge in [0, 0.05) is 31.3 Å². The Labute approximate surface area is 206 Å². The van der Waals surface area contributed by atoms with Crippen LogP contribution < -0.4 is 9.80 Å². The van der Waals surface area contributed by atoms with Gasteiger partial charge in [0.1, 0.15) is 5.82 Å². The summed E-state index contributed by atoms with van der Waals surface area (Å²) in [4.78, 5) is 9.13. The van der Waals surface area contributed by atoms with E-state index in [-0.39, 0.29) is 35.3 Å². The second-order valence-corrected chi connectivity index (χ2v) is 9.87. The molecule has 0 aliphatic carbocycles. The van der Waals surface area contributed by atoms with Gasteiger partial charge in [-0.2, -0.15) is 28.1 Å². The van der Waals surface area contributed by atoms with Gasteiger partial charge in [0.2, 0.25) is 0 Å². The molecular formula is C24H30F3N7O2. The van der Waals surface area contributed by atoms with Crippen LogP contribution in [-0.4, -0.2) is 75.6 Å². The summed E-state index contributed by atoms with van der Waals surface area (Å²) in [5.41, 5.74) is -0.254. The molecule has 4 atom stereocenters. The van der Waals surface area contributed by atoms with E-state index in [1.807, 2.05) is 19.9 Å². The zero-order chi connectivity index (χ0) is 25.0. The van der Waals surface area contributed by atoms with Crippen LogP contribution in [0.1, 0.15) is 45.2 Å². The lowest BCUT2D eigenvalue weighted by Crippen LogP contribution is -2.47. The van der Waals surface area contributed by atoms with Crippen molar-refractivity contribution >= 4 is 22.5 Å². The number of hydrogen-bond acceptors (Lipinski definition) is 7. The topological polar surface area (TPSA) is 84.3 Å². The molecule has 3 aliphatic rings. The van der Waals surface area contributed by atoms with Crippen molar-refractivity contribution in [3.8, 4) is 5.82 Å². The number of ether oxygens (including phenoxy) is 2. The minimum absolute atomic E-state index is 0.00764. The molecule has 2 bridgehead atoms. The number of nitrogens with zero attached hydrogens (tertiary/aromatic N) is 6. The lowest BCUT2D eigenvalue weighted by molar-refractivity contribution is -0.140. The molecule has 3 unspecified atom stereocenters. The van der Waals surface area contributed by atoms with E-state index in [4.69, 9.17) is 14.5 Å². The maximum absolute atomic E-state index is 14.4. The van der Waals surface area contributed by atoms with Crippen molar-refractivity contribution in [2.24, 2.45) is 0 Å². The fraction of sp³-hybridized carbons (Fsp3) is 0.625. The van der Waals surface area contributed by atoms with Crippen molar-refractivity contribution in [3.63, 3.8) is 0 Å². The molecule has 0 saturated carbocycles. The largest absolute Gasteiger partial charge is 0.435 e. The van der Waals surface area contributed by atoms with Gasteiger partial charge in [0.05, 0.1) is 48.7 Å². The molecule has 3 aliphatic heterocycles. The molecule has 0 aromatic carbocycles. The number of aromatic nitrogens is 5. The van der Waals surface area contributed by atoms with Crippen LogP contribution in [-0.2, 0) is 15.7 Å². The number of hydrogen-bond donors (Lipinski definition) is 1. The Morgan fingerprint density at radius 1 is 1.19 bits per heavy atom. The number of morpholine rings is 1. The van der Waals surface area contributed by atoms with Crippen LogP contribution in [0.5, 0.6) is 0 Å². The number of aromatic amines is 1. The van der Waals surface area contributed by atoms with E-state index in [9.17, 15) is 13.2 Å². The highest BCUT2D eigenvalue weighted by Gasteiger charge is 2.43. The van der Waals surface area contributed by atoms with Gasteiger partial charge in [-0.05, 0) is 39.5 Å². The summed E-state index contributed by atoms with van der Waals surface area (Å²) in [5, 5.41) is 10.7. The zero-order valence-corrected chi connectivity index (χ0v) is 20.3. The summed E-state index contributed by atoms with van der Waals surface area (Å²) in [5.74, 6) is 1.00. The van der Waals surface area contributed by atoms with Crippen molar-refractivity contribution in [3.05, 3.63) is 24.0 Å². The maximum atomic E-state index is 14.4. The Bertz CT molecular complexity index is 1210. The molecule has 194 valence electrons. The van der Waals surface area contributed by atoms with Crippen molar-refractivity contribution in [1.82, 2.24) is 25.0 Å². The van der Waals surface area contributed by atoms with Gasteiger partial charge in [0.15, 0.2) is 17.2 Å². The monoisotopic (exact) mass is 505 g/mol. The average Bonchev–Trinajstić information content (AvgIpc) is 3.55. The Morgan fingerprint density at radius 2 is 1.97 bits per heavy atom. The van der Waals surface area contributed by atoms with E-state index >= 15 is 0 Å². The van der Waals surface area contributed by atoms with Crippen LogP contribution in [0.2, 0.25) is 0 Å². The molecule has 3 aromatic heterocycles. The minimum atomic E-state index is -4.65. The summed E-state index contributed by atoms with van der Waals surface area (Å²) >= 11 is 0. The van der Waals surface area contributed by atoms with Crippen molar-refractivity contribution in [2.75, 3.05) is 36.2 Å². The van der Waals surface area contributed by atoms with Gasteiger partial charge in [-0.15, -0.1) is 0 Å². The van der Waals surface area contributed by atoms with Crippen molar-refractivity contribution in [1.29, 1.82) is 0 Å². The Balaban J connectivity index is 1.56. The van der Waals surface area contributed by atoms with Crippen LogP contribution in [0, 0.1) is 0 Å². The van der Waals surface area contributed by atoms with Gasteiger partial charge >= 0.3 is 6.18 Å². The summed E-state index contributed by atoms with van der Waals surface area (Å²) in [7, 11) is 0. The van der Waals surface area contributed by atoms with Gasteiger partial charge in [-0.1, -0.05) is 0 Å². The smallest absolute Gasteiger partial charge is 0.378 e. The highest BCUT2D eigenvalue weighted by Crippen LogP contribution is 2.44. The van der Waals surface area contributed by atoms with E-state index in [0.717, 1.165) is 25.7 Å². The van der Waals surface area contributed by atoms with Gasteiger partial charge in [-0.3, -0.25) is 5.10 Å². The number of fused-ring (bicyclic) bond motifs is 3. The number of nitrogens with one attached hydrogen (secondary N) is 1. The number of alkyl halides is 3. The predicted molar refractivity (Wildman–Crippen MR) is 128 cm³/mol. The molecule has 0 radical (unpaired) electrons. The number of rotatable bonds is 5. The summed E-state index contributed by atoms with van der Waals surface area (Å²) in [6.45, 7) is 6.40. The van der Waals surface area contributed by atoms with Crippen molar-refractivity contribution < 1.29 is 22.6 Å². The van der Waals surface area contributed by atoms with E-state index < -0.39 is 11.9 Å². The molecular weight excluding hydrogens is 475 g/mol. The Hall–Kier alpha value is -2.86. The zero-order valence-electron chi connectivity index (χ0n) is 20.3. The molecule has 1 N–H and O–H groups in total. The third-order valence-corrected chi connectivity index (χ3v) is 7.63. The van der Waals surface area contributed by atoms with Crippen LogP contribution in [0.25, 0.3) is 16.9 Å². The van der Waals surface area contributed by atoms with Crippen molar-refractivity contribution in [2.45, 2.75) is 69.9 Å².